The lowest BCUT2D eigenvalue weighted by Crippen LogP contribution is -2.16. The summed E-state index contributed by atoms with van der Waals surface area (Å²) < 4.78 is 0. The zero-order chi connectivity index (χ0) is 15.4. The first-order valence-corrected chi connectivity index (χ1v) is 7.40. The van der Waals surface area contributed by atoms with E-state index in [9.17, 15) is 4.79 Å². The molecule has 0 heterocycles. The molecule has 21 heavy (non-hydrogen) atoms. The number of rotatable bonds is 4. The third-order valence-corrected chi connectivity index (χ3v) is 3.80. The number of anilines is 1. The molecule has 0 aliphatic carbocycles. The van der Waals surface area contributed by atoms with E-state index in [1.54, 1.807) is 0 Å². The van der Waals surface area contributed by atoms with Crippen molar-refractivity contribution in [1.29, 1.82) is 0 Å². The van der Waals surface area contributed by atoms with Crippen molar-refractivity contribution in [1.82, 2.24) is 0 Å². The van der Waals surface area contributed by atoms with Crippen LogP contribution in [-0.4, -0.2) is 5.91 Å². The van der Waals surface area contributed by atoms with Gasteiger partial charge in [-0.25, -0.2) is 0 Å². The molecule has 2 nitrogen and oxygen atoms in total. The quantitative estimate of drug-likeness (QED) is 0.861. The molecule has 2 aromatic rings. The first-order valence-electron chi connectivity index (χ1n) is 7.40. The number of amides is 1. The summed E-state index contributed by atoms with van der Waals surface area (Å²) in [6.07, 6.45) is 0.497. The first-order chi connectivity index (χ1) is 9.97. The van der Waals surface area contributed by atoms with Crippen LogP contribution in [0.25, 0.3) is 0 Å². The van der Waals surface area contributed by atoms with Crippen LogP contribution < -0.4 is 5.32 Å². The van der Waals surface area contributed by atoms with Crippen molar-refractivity contribution in [2.24, 2.45) is 0 Å². The fourth-order valence-electron chi connectivity index (χ4n) is 2.75. The van der Waals surface area contributed by atoms with Crippen LogP contribution in [0.4, 0.5) is 5.69 Å². The van der Waals surface area contributed by atoms with E-state index in [4.69, 9.17) is 0 Å². The molecule has 0 saturated carbocycles. The molecule has 2 heteroatoms. The number of aryl methyl sites for hydroxylation is 3. The average molecular weight is 281 g/mol. The van der Waals surface area contributed by atoms with Crippen LogP contribution >= 0.6 is 0 Å². The van der Waals surface area contributed by atoms with Crippen molar-refractivity contribution in [2.75, 3.05) is 5.32 Å². The number of hydrogen-bond acceptors (Lipinski definition) is 1. The van der Waals surface area contributed by atoms with Crippen molar-refractivity contribution in [2.45, 2.75) is 40.0 Å². The molecule has 1 N–H and O–H groups in total. The standard InChI is InChI=1S/C19H23NO/c1-13-10-15(3)19(16(4)11-13)20-18(21)12-14(2)17-8-6-5-7-9-17/h5-11,14H,12H2,1-4H3,(H,20,21)/t14-/m0/s1. The first kappa shape index (κ1) is 15.3. The van der Waals surface area contributed by atoms with Crippen LogP contribution in [0.2, 0.25) is 0 Å². The Bertz CT molecular complexity index is 608. The fraction of sp³-hybridized carbons (Fsp3) is 0.316. The van der Waals surface area contributed by atoms with Crippen molar-refractivity contribution < 1.29 is 4.79 Å². The van der Waals surface area contributed by atoms with Crippen LogP contribution in [0.3, 0.4) is 0 Å². The van der Waals surface area contributed by atoms with Gasteiger partial charge in [0.1, 0.15) is 0 Å². The molecule has 0 spiro atoms. The normalized spacial score (nSPS) is 12.0. The molecule has 0 bridgehead atoms. The maximum Gasteiger partial charge on any atom is 0.224 e. The van der Waals surface area contributed by atoms with E-state index in [0.717, 1.165) is 16.8 Å². The van der Waals surface area contributed by atoms with Crippen molar-refractivity contribution >= 4 is 11.6 Å². The summed E-state index contributed by atoms with van der Waals surface area (Å²) in [7, 11) is 0. The highest BCUT2D eigenvalue weighted by molar-refractivity contribution is 5.92. The molecule has 1 amide bonds. The molecule has 0 saturated heterocycles. The van der Waals surface area contributed by atoms with Gasteiger partial charge in [0.15, 0.2) is 0 Å². The summed E-state index contributed by atoms with van der Waals surface area (Å²) >= 11 is 0. The molecule has 0 aliphatic heterocycles. The smallest absolute Gasteiger partial charge is 0.224 e. The van der Waals surface area contributed by atoms with Crippen LogP contribution in [0.5, 0.6) is 0 Å². The number of carbonyl (C=O) groups excluding carboxylic acids is 1. The lowest BCUT2D eigenvalue weighted by molar-refractivity contribution is -0.116. The van der Waals surface area contributed by atoms with E-state index in [-0.39, 0.29) is 11.8 Å². The molecule has 0 aliphatic rings. The lowest BCUT2D eigenvalue weighted by Gasteiger charge is -2.15. The molecule has 0 radical (unpaired) electrons. The summed E-state index contributed by atoms with van der Waals surface area (Å²) in [5.41, 5.74) is 5.61. The molecule has 110 valence electrons. The summed E-state index contributed by atoms with van der Waals surface area (Å²) in [6.45, 7) is 8.24. The molecule has 2 aromatic carbocycles. The molecule has 1 atom stereocenters. The molecule has 0 aromatic heterocycles. The maximum atomic E-state index is 12.3. The number of hydrogen-bond donors (Lipinski definition) is 1. The minimum Gasteiger partial charge on any atom is -0.326 e. The van der Waals surface area contributed by atoms with Gasteiger partial charge in [0, 0.05) is 12.1 Å². The molecular formula is C19H23NO. The van der Waals surface area contributed by atoms with E-state index < -0.39 is 0 Å². The lowest BCUT2D eigenvalue weighted by atomic mass is 9.97. The molecule has 0 unspecified atom stereocenters. The molecular weight excluding hydrogens is 258 g/mol. The monoisotopic (exact) mass is 281 g/mol. The predicted molar refractivity (Wildman–Crippen MR) is 88.8 cm³/mol. The Morgan fingerprint density at radius 3 is 2.19 bits per heavy atom. The van der Waals surface area contributed by atoms with E-state index in [2.05, 4.69) is 43.4 Å². The van der Waals surface area contributed by atoms with Gasteiger partial charge in [-0.15, -0.1) is 0 Å². The van der Waals surface area contributed by atoms with Crippen molar-refractivity contribution in [3.8, 4) is 0 Å². The van der Waals surface area contributed by atoms with Crippen LogP contribution in [0.1, 0.15) is 41.5 Å². The highest BCUT2D eigenvalue weighted by Gasteiger charge is 2.13. The van der Waals surface area contributed by atoms with Gasteiger partial charge in [-0.05, 0) is 43.4 Å². The number of carbonyl (C=O) groups is 1. The van der Waals surface area contributed by atoms with Crippen molar-refractivity contribution in [3.05, 3.63) is 64.7 Å². The average Bonchev–Trinajstić information content (AvgIpc) is 2.43. The van der Waals surface area contributed by atoms with E-state index >= 15 is 0 Å². The highest BCUT2D eigenvalue weighted by Crippen LogP contribution is 2.24. The Labute approximate surface area is 127 Å². The topological polar surface area (TPSA) is 29.1 Å². The number of nitrogens with one attached hydrogen (secondary N) is 1. The highest BCUT2D eigenvalue weighted by atomic mass is 16.1. The zero-order valence-electron chi connectivity index (χ0n) is 13.2. The SMILES string of the molecule is Cc1cc(C)c(NC(=O)C[C@H](C)c2ccccc2)c(C)c1. The Kier molecular flexibility index (Phi) is 4.79. The van der Waals surface area contributed by atoms with Gasteiger partial charge in [-0.1, -0.05) is 55.0 Å². The molecule has 2 rings (SSSR count). The van der Waals surface area contributed by atoms with Gasteiger partial charge in [-0.3, -0.25) is 4.79 Å². The van der Waals surface area contributed by atoms with Crippen LogP contribution in [0, 0.1) is 20.8 Å². The predicted octanol–water partition coefficient (Wildman–Crippen LogP) is 4.74. The largest absolute Gasteiger partial charge is 0.326 e. The second-order valence-corrected chi connectivity index (χ2v) is 5.84. The summed E-state index contributed by atoms with van der Waals surface area (Å²) in [6, 6.07) is 14.4. The fourth-order valence-corrected chi connectivity index (χ4v) is 2.75. The third-order valence-electron chi connectivity index (χ3n) is 3.80. The van der Waals surface area contributed by atoms with Gasteiger partial charge in [0.25, 0.3) is 0 Å². The van der Waals surface area contributed by atoms with Gasteiger partial charge in [0.05, 0.1) is 0 Å². The van der Waals surface area contributed by atoms with Crippen molar-refractivity contribution in [3.63, 3.8) is 0 Å². The third kappa shape index (κ3) is 3.94. The van der Waals surface area contributed by atoms with E-state index in [1.165, 1.54) is 11.1 Å². The molecule has 0 fully saturated rings. The van der Waals surface area contributed by atoms with Gasteiger partial charge in [0.2, 0.25) is 5.91 Å². The summed E-state index contributed by atoms with van der Waals surface area (Å²) in [5.74, 6) is 0.290. The van der Waals surface area contributed by atoms with Gasteiger partial charge < -0.3 is 5.32 Å². The zero-order valence-corrected chi connectivity index (χ0v) is 13.2. The number of benzene rings is 2. The Balaban J connectivity index is 2.06. The van der Waals surface area contributed by atoms with Crippen LogP contribution in [0.15, 0.2) is 42.5 Å². The Hall–Kier alpha value is -2.09. The van der Waals surface area contributed by atoms with Gasteiger partial charge >= 0.3 is 0 Å². The van der Waals surface area contributed by atoms with E-state index in [0.29, 0.717) is 6.42 Å². The second-order valence-electron chi connectivity index (χ2n) is 5.84. The second kappa shape index (κ2) is 6.57. The Morgan fingerprint density at radius 2 is 1.62 bits per heavy atom. The van der Waals surface area contributed by atoms with E-state index in [1.807, 2.05) is 32.0 Å². The van der Waals surface area contributed by atoms with Crippen LogP contribution in [-0.2, 0) is 4.79 Å². The minimum absolute atomic E-state index is 0.0707. The minimum atomic E-state index is 0.0707. The summed E-state index contributed by atoms with van der Waals surface area (Å²) in [5, 5.41) is 3.07. The maximum absolute atomic E-state index is 12.3. The summed E-state index contributed by atoms with van der Waals surface area (Å²) in [4.78, 5) is 12.3. The Morgan fingerprint density at radius 1 is 1.05 bits per heavy atom. The van der Waals surface area contributed by atoms with Gasteiger partial charge in [-0.2, -0.15) is 0 Å².